The first-order chi connectivity index (χ1) is 11.4. The van der Waals surface area contributed by atoms with Crippen LogP contribution in [0.4, 0.5) is 0 Å². The second-order valence-electron chi connectivity index (χ2n) is 9.51. The van der Waals surface area contributed by atoms with Gasteiger partial charge in [-0.15, -0.1) is 0 Å². The third-order valence-corrected chi connectivity index (χ3v) is 6.52. The van der Waals surface area contributed by atoms with Crippen molar-refractivity contribution in [2.24, 2.45) is 22.2 Å². The molecule has 4 saturated carbocycles. The predicted octanol–water partition coefficient (Wildman–Crippen LogP) is 4.18. The van der Waals surface area contributed by atoms with Crippen LogP contribution in [0.1, 0.15) is 52.4 Å². The third-order valence-electron chi connectivity index (χ3n) is 6.52. The zero-order valence-electron chi connectivity index (χ0n) is 14.9. The van der Waals surface area contributed by atoms with Gasteiger partial charge in [0.2, 0.25) is 0 Å². The van der Waals surface area contributed by atoms with Crippen LogP contribution in [0.5, 0.6) is 5.75 Å². The van der Waals surface area contributed by atoms with Gasteiger partial charge in [0, 0.05) is 6.54 Å². The first-order valence-corrected chi connectivity index (χ1v) is 9.32. The molecule has 1 amide bonds. The van der Waals surface area contributed by atoms with Gasteiger partial charge in [-0.05, 0) is 72.8 Å². The van der Waals surface area contributed by atoms with Crippen molar-refractivity contribution < 1.29 is 9.53 Å². The Balaban J connectivity index is 1.35. The molecule has 3 nitrogen and oxygen atoms in total. The highest BCUT2D eigenvalue weighted by atomic mass is 16.5. The minimum atomic E-state index is 0.00454. The van der Waals surface area contributed by atoms with E-state index in [1.54, 1.807) is 0 Å². The molecule has 0 aliphatic heterocycles. The topological polar surface area (TPSA) is 38.3 Å². The van der Waals surface area contributed by atoms with E-state index in [1.807, 2.05) is 30.3 Å². The van der Waals surface area contributed by atoms with E-state index in [9.17, 15) is 4.79 Å². The Kier molecular flexibility index (Phi) is 3.67. The van der Waals surface area contributed by atoms with Crippen molar-refractivity contribution >= 4 is 5.91 Å². The van der Waals surface area contributed by atoms with Crippen LogP contribution >= 0.6 is 0 Å². The zero-order chi connectivity index (χ0) is 16.8. The fourth-order valence-corrected chi connectivity index (χ4v) is 6.88. The second-order valence-corrected chi connectivity index (χ2v) is 9.51. The van der Waals surface area contributed by atoms with Crippen molar-refractivity contribution in [1.82, 2.24) is 5.32 Å². The molecular weight excluding hydrogens is 298 g/mol. The molecule has 24 heavy (non-hydrogen) atoms. The quantitative estimate of drug-likeness (QED) is 0.881. The summed E-state index contributed by atoms with van der Waals surface area (Å²) in [7, 11) is 0. The van der Waals surface area contributed by atoms with E-state index in [0.29, 0.717) is 16.2 Å². The summed E-state index contributed by atoms with van der Waals surface area (Å²) in [5.74, 6) is 1.63. The maximum atomic E-state index is 12.2. The van der Waals surface area contributed by atoms with Gasteiger partial charge in [0.15, 0.2) is 6.61 Å². The Labute approximate surface area is 145 Å². The largest absolute Gasteiger partial charge is 0.484 e. The lowest BCUT2D eigenvalue weighted by atomic mass is 9.40. The predicted molar refractivity (Wildman–Crippen MR) is 94.8 cm³/mol. The molecule has 0 spiro atoms. The SMILES string of the molecule is C[C@]12CC3CC(CNC(=O)COc4ccccc4)(C1)C[C@@](C)(C3)C2. The molecule has 1 aromatic rings. The molecule has 5 rings (SSSR count). The highest BCUT2D eigenvalue weighted by Gasteiger charge is 2.59. The van der Waals surface area contributed by atoms with Gasteiger partial charge in [-0.25, -0.2) is 0 Å². The van der Waals surface area contributed by atoms with Crippen LogP contribution in [0.3, 0.4) is 0 Å². The Bertz CT molecular complexity index is 608. The summed E-state index contributed by atoms with van der Waals surface area (Å²) in [5.41, 5.74) is 1.32. The summed E-state index contributed by atoms with van der Waals surface area (Å²) in [4.78, 5) is 12.2. The van der Waals surface area contributed by atoms with Crippen molar-refractivity contribution in [2.75, 3.05) is 13.2 Å². The summed E-state index contributed by atoms with van der Waals surface area (Å²) < 4.78 is 5.57. The molecule has 4 bridgehead atoms. The van der Waals surface area contributed by atoms with Gasteiger partial charge < -0.3 is 10.1 Å². The van der Waals surface area contributed by atoms with Gasteiger partial charge in [-0.2, -0.15) is 0 Å². The van der Waals surface area contributed by atoms with E-state index in [1.165, 1.54) is 38.5 Å². The standard InChI is InChI=1S/C21H29NO2/c1-19-8-16-9-20(2,12-19)14-21(10-16,13-19)15-22-18(23)11-24-17-6-4-3-5-7-17/h3-7,16H,8-15H2,1-2H3,(H,22,23)/t16?,19-,20+,21?. The first kappa shape index (κ1) is 16.0. The number of para-hydroxylation sites is 1. The smallest absolute Gasteiger partial charge is 0.257 e. The maximum Gasteiger partial charge on any atom is 0.257 e. The highest BCUT2D eigenvalue weighted by Crippen LogP contribution is 2.69. The minimum absolute atomic E-state index is 0.00454. The highest BCUT2D eigenvalue weighted by molar-refractivity contribution is 5.77. The molecule has 4 atom stereocenters. The number of carbonyl (C=O) groups excluding carboxylic acids is 1. The van der Waals surface area contributed by atoms with Gasteiger partial charge in [0.25, 0.3) is 5.91 Å². The Morgan fingerprint density at radius 2 is 1.75 bits per heavy atom. The monoisotopic (exact) mass is 327 g/mol. The number of hydrogen-bond donors (Lipinski definition) is 1. The molecule has 0 heterocycles. The number of amides is 1. The van der Waals surface area contributed by atoms with Gasteiger partial charge in [0.05, 0.1) is 0 Å². The van der Waals surface area contributed by atoms with E-state index < -0.39 is 0 Å². The molecule has 4 aliphatic carbocycles. The lowest BCUT2D eigenvalue weighted by Gasteiger charge is -2.65. The van der Waals surface area contributed by atoms with E-state index >= 15 is 0 Å². The summed E-state index contributed by atoms with van der Waals surface area (Å²) >= 11 is 0. The van der Waals surface area contributed by atoms with Crippen molar-refractivity contribution in [3.63, 3.8) is 0 Å². The molecule has 1 N–H and O–H groups in total. The second kappa shape index (κ2) is 5.50. The molecule has 1 aromatic carbocycles. The summed E-state index contributed by atoms with van der Waals surface area (Å²) in [6.07, 6.45) is 8.05. The van der Waals surface area contributed by atoms with Crippen molar-refractivity contribution in [3.05, 3.63) is 30.3 Å². The van der Waals surface area contributed by atoms with E-state index in [4.69, 9.17) is 4.74 Å². The molecule has 3 heteroatoms. The van der Waals surface area contributed by atoms with Crippen LogP contribution in [0.25, 0.3) is 0 Å². The summed E-state index contributed by atoms with van der Waals surface area (Å²) in [5, 5.41) is 3.18. The van der Waals surface area contributed by atoms with Crippen LogP contribution in [0, 0.1) is 22.2 Å². The number of carbonyl (C=O) groups is 1. The molecular formula is C21H29NO2. The van der Waals surface area contributed by atoms with Crippen molar-refractivity contribution in [3.8, 4) is 5.75 Å². The third kappa shape index (κ3) is 3.05. The number of hydrogen-bond acceptors (Lipinski definition) is 2. The zero-order valence-corrected chi connectivity index (χ0v) is 14.9. The van der Waals surface area contributed by atoms with Crippen LogP contribution in [-0.4, -0.2) is 19.1 Å². The maximum absolute atomic E-state index is 12.2. The number of ether oxygens (including phenoxy) is 1. The normalized spacial score (nSPS) is 39.7. The van der Waals surface area contributed by atoms with Crippen molar-refractivity contribution in [2.45, 2.75) is 52.4 Å². The van der Waals surface area contributed by atoms with Gasteiger partial charge in [0.1, 0.15) is 5.75 Å². The van der Waals surface area contributed by atoms with Gasteiger partial charge >= 0.3 is 0 Å². The van der Waals surface area contributed by atoms with E-state index in [2.05, 4.69) is 19.2 Å². The lowest BCUT2D eigenvalue weighted by molar-refractivity contribution is -0.147. The minimum Gasteiger partial charge on any atom is -0.484 e. The average molecular weight is 327 g/mol. The van der Waals surface area contributed by atoms with Crippen LogP contribution in [0.2, 0.25) is 0 Å². The molecule has 130 valence electrons. The molecule has 0 radical (unpaired) electrons. The van der Waals surface area contributed by atoms with Gasteiger partial charge in [-0.1, -0.05) is 32.0 Å². The molecule has 0 saturated heterocycles. The average Bonchev–Trinajstić information content (AvgIpc) is 2.48. The van der Waals surface area contributed by atoms with Crippen LogP contribution in [-0.2, 0) is 4.79 Å². The Morgan fingerprint density at radius 1 is 1.08 bits per heavy atom. The fraction of sp³-hybridized carbons (Fsp3) is 0.667. The summed E-state index contributed by atoms with van der Waals surface area (Å²) in [6, 6.07) is 9.55. The summed E-state index contributed by atoms with van der Waals surface area (Å²) in [6.45, 7) is 5.89. The first-order valence-electron chi connectivity index (χ1n) is 9.32. The number of nitrogens with one attached hydrogen (secondary N) is 1. The number of benzene rings is 1. The van der Waals surface area contributed by atoms with Gasteiger partial charge in [-0.3, -0.25) is 4.79 Å². The van der Waals surface area contributed by atoms with Crippen molar-refractivity contribution in [1.29, 1.82) is 0 Å². The fourth-order valence-electron chi connectivity index (χ4n) is 6.88. The molecule has 0 aromatic heterocycles. The Hall–Kier alpha value is -1.51. The van der Waals surface area contributed by atoms with Crippen LogP contribution in [0.15, 0.2) is 30.3 Å². The lowest BCUT2D eigenvalue weighted by Crippen LogP contribution is -2.58. The molecule has 2 unspecified atom stereocenters. The van der Waals surface area contributed by atoms with E-state index in [-0.39, 0.29) is 12.5 Å². The van der Waals surface area contributed by atoms with E-state index in [0.717, 1.165) is 18.2 Å². The molecule has 4 fully saturated rings. The van der Waals surface area contributed by atoms with Crippen LogP contribution < -0.4 is 10.1 Å². The Morgan fingerprint density at radius 3 is 2.38 bits per heavy atom. The number of rotatable bonds is 5. The molecule has 4 aliphatic rings.